The molecule has 3 rings (SSSR count). The summed E-state index contributed by atoms with van der Waals surface area (Å²) in [4.78, 5) is 25.7. The maximum atomic E-state index is 12.8. The normalized spacial score (nSPS) is 15.3. The van der Waals surface area contributed by atoms with E-state index in [0.717, 1.165) is 41.8 Å². The van der Waals surface area contributed by atoms with E-state index in [0.29, 0.717) is 0 Å². The highest BCUT2D eigenvalue weighted by Gasteiger charge is 2.30. The Labute approximate surface area is 188 Å². The van der Waals surface area contributed by atoms with Gasteiger partial charge in [0, 0.05) is 25.2 Å². The molecule has 1 fully saturated rings. The average Bonchev–Trinajstić information content (AvgIpc) is 3.24. The number of sulfonamides is 1. The lowest BCUT2D eigenvalue weighted by Gasteiger charge is -2.28. The van der Waals surface area contributed by atoms with E-state index in [4.69, 9.17) is 0 Å². The standard InChI is InChI=1S/C22H28N4O5S/c1-17(25(32(2,30)31)20-9-6-10-21(14-20)26(28)29)22(27)23-15-18-7-5-8-19(13-18)16-24-11-3-4-12-24/h5-10,13-14,17H,3-4,11-12,15-16H2,1-2H3,(H,23,27)/t17-/m1/s1. The van der Waals surface area contributed by atoms with E-state index in [-0.39, 0.29) is 17.9 Å². The Balaban J connectivity index is 1.70. The maximum Gasteiger partial charge on any atom is 0.271 e. The van der Waals surface area contributed by atoms with Crippen molar-refractivity contribution in [3.63, 3.8) is 0 Å². The van der Waals surface area contributed by atoms with E-state index in [1.165, 1.54) is 43.5 Å². The van der Waals surface area contributed by atoms with Gasteiger partial charge in [0.1, 0.15) is 6.04 Å². The zero-order valence-corrected chi connectivity index (χ0v) is 19.0. The molecule has 0 radical (unpaired) electrons. The number of carbonyl (C=O) groups excluding carboxylic acids is 1. The molecule has 1 atom stereocenters. The van der Waals surface area contributed by atoms with Crippen molar-refractivity contribution in [1.29, 1.82) is 0 Å². The summed E-state index contributed by atoms with van der Waals surface area (Å²) in [5.41, 5.74) is 1.90. The number of amides is 1. The Hall–Kier alpha value is -2.98. The molecule has 10 heteroatoms. The van der Waals surface area contributed by atoms with Crippen LogP contribution in [0.4, 0.5) is 11.4 Å². The van der Waals surface area contributed by atoms with Gasteiger partial charge < -0.3 is 5.32 Å². The van der Waals surface area contributed by atoms with E-state index >= 15 is 0 Å². The van der Waals surface area contributed by atoms with Crippen molar-refractivity contribution in [1.82, 2.24) is 10.2 Å². The average molecular weight is 461 g/mol. The molecule has 0 spiro atoms. The third-order valence-corrected chi connectivity index (χ3v) is 6.69. The van der Waals surface area contributed by atoms with Gasteiger partial charge in [-0.3, -0.25) is 24.1 Å². The predicted molar refractivity (Wildman–Crippen MR) is 123 cm³/mol. The fourth-order valence-electron chi connectivity index (χ4n) is 3.93. The quantitative estimate of drug-likeness (QED) is 0.455. The van der Waals surface area contributed by atoms with Crippen LogP contribution in [0.5, 0.6) is 0 Å². The molecule has 0 bridgehead atoms. The molecule has 2 aromatic carbocycles. The first-order chi connectivity index (χ1) is 15.1. The van der Waals surface area contributed by atoms with Crippen LogP contribution >= 0.6 is 0 Å². The number of non-ortho nitro benzene ring substituents is 1. The SMILES string of the molecule is C[C@H](C(=O)NCc1cccc(CN2CCCC2)c1)N(c1cccc([N+](=O)[O-])c1)S(C)(=O)=O. The van der Waals surface area contributed by atoms with Crippen LogP contribution in [-0.4, -0.2) is 49.5 Å². The van der Waals surface area contributed by atoms with Gasteiger partial charge in [-0.15, -0.1) is 0 Å². The Bertz CT molecular complexity index is 1080. The number of hydrogen-bond donors (Lipinski definition) is 1. The van der Waals surface area contributed by atoms with Gasteiger partial charge >= 0.3 is 0 Å². The third-order valence-electron chi connectivity index (χ3n) is 5.45. The molecule has 0 aromatic heterocycles. The predicted octanol–water partition coefficient (Wildman–Crippen LogP) is 2.66. The van der Waals surface area contributed by atoms with E-state index < -0.39 is 26.9 Å². The number of nitrogens with zero attached hydrogens (tertiary/aromatic N) is 3. The first-order valence-corrected chi connectivity index (χ1v) is 12.3. The van der Waals surface area contributed by atoms with Crippen molar-refractivity contribution >= 4 is 27.3 Å². The minimum Gasteiger partial charge on any atom is -0.350 e. The van der Waals surface area contributed by atoms with Crippen molar-refractivity contribution < 1.29 is 18.1 Å². The van der Waals surface area contributed by atoms with Crippen LogP contribution in [0, 0.1) is 10.1 Å². The Kier molecular flexibility index (Phi) is 7.47. The minimum absolute atomic E-state index is 0.0666. The lowest BCUT2D eigenvalue weighted by molar-refractivity contribution is -0.384. The summed E-state index contributed by atoms with van der Waals surface area (Å²) in [5, 5.41) is 13.9. The van der Waals surface area contributed by atoms with Crippen LogP contribution in [0.2, 0.25) is 0 Å². The number of nitrogens with one attached hydrogen (secondary N) is 1. The summed E-state index contributed by atoms with van der Waals surface area (Å²) >= 11 is 0. The van der Waals surface area contributed by atoms with Crippen molar-refractivity contribution in [2.24, 2.45) is 0 Å². The van der Waals surface area contributed by atoms with Gasteiger partial charge in [0.25, 0.3) is 5.69 Å². The molecule has 0 aliphatic carbocycles. The molecule has 1 heterocycles. The molecule has 172 valence electrons. The molecular formula is C22H28N4O5S. The highest BCUT2D eigenvalue weighted by atomic mass is 32.2. The second-order valence-electron chi connectivity index (χ2n) is 8.03. The summed E-state index contributed by atoms with van der Waals surface area (Å²) in [7, 11) is -3.86. The summed E-state index contributed by atoms with van der Waals surface area (Å²) < 4.78 is 25.7. The Morgan fingerprint density at radius 2 is 1.81 bits per heavy atom. The minimum atomic E-state index is -3.86. The second-order valence-corrected chi connectivity index (χ2v) is 9.89. The molecule has 1 saturated heterocycles. The van der Waals surface area contributed by atoms with Gasteiger partial charge in [0.05, 0.1) is 16.9 Å². The summed E-state index contributed by atoms with van der Waals surface area (Å²) in [6.45, 7) is 4.77. The fourth-order valence-corrected chi connectivity index (χ4v) is 5.09. The summed E-state index contributed by atoms with van der Waals surface area (Å²) in [5.74, 6) is -0.494. The molecule has 2 aromatic rings. The number of hydrogen-bond acceptors (Lipinski definition) is 6. The lowest BCUT2D eigenvalue weighted by Crippen LogP contribution is -2.47. The lowest BCUT2D eigenvalue weighted by atomic mass is 10.1. The zero-order chi connectivity index (χ0) is 23.3. The summed E-state index contributed by atoms with van der Waals surface area (Å²) in [6, 6.07) is 12.1. The largest absolute Gasteiger partial charge is 0.350 e. The molecule has 1 amide bonds. The van der Waals surface area contributed by atoms with Gasteiger partial charge in [-0.05, 0) is 50.0 Å². The maximum absolute atomic E-state index is 12.8. The molecule has 0 unspecified atom stereocenters. The number of rotatable bonds is 9. The molecular weight excluding hydrogens is 432 g/mol. The third kappa shape index (κ3) is 6.04. The molecule has 9 nitrogen and oxygen atoms in total. The van der Waals surface area contributed by atoms with Crippen LogP contribution in [0.1, 0.15) is 30.9 Å². The van der Waals surface area contributed by atoms with Crippen LogP contribution in [0.15, 0.2) is 48.5 Å². The molecule has 1 aliphatic heterocycles. The number of nitro groups is 1. The van der Waals surface area contributed by atoms with Crippen LogP contribution in [0.3, 0.4) is 0 Å². The first-order valence-electron chi connectivity index (χ1n) is 10.5. The van der Waals surface area contributed by atoms with E-state index in [2.05, 4.69) is 16.3 Å². The highest BCUT2D eigenvalue weighted by molar-refractivity contribution is 7.92. The van der Waals surface area contributed by atoms with Gasteiger partial charge in [0.2, 0.25) is 15.9 Å². The molecule has 1 N–H and O–H groups in total. The fraction of sp³-hybridized carbons (Fsp3) is 0.409. The Morgan fingerprint density at radius 1 is 1.16 bits per heavy atom. The van der Waals surface area contributed by atoms with Crippen molar-refractivity contribution in [2.75, 3.05) is 23.7 Å². The van der Waals surface area contributed by atoms with E-state index in [1.807, 2.05) is 18.2 Å². The second kappa shape index (κ2) is 10.1. The number of carbonyl (C=O) groups is 1. The van der Waals surface area contributed by atoms with Crippen LogP contribution < -0.4 is 9.62 Å². The smallest absolute Gasteiger partial charge is 0.271 e. The topological polar surface area (TPSA) is 113 Å². The van der Waals surface area contributed by atoms with Crippen LogP contribution in [-0.2, 0) is 27.9 Å². The number of benzene rings is 2. The first kappa shape index (κ1) is 23.7. The van der Waals surface area contributed by atoms with Gasteiger partial charge in [-0.2, -0.15) is 0 Å². The monoisotopic (exact) mass is 460 g/mol. The van der Waals surface area contributed by atoms with Crippen molar-refractivity contribution in [2.45, 2.75) is 38.9 Å². The number of anilines is 1. The number of likely N-dealkylation sites (tertiary alicyclic amines) is 1. The zero-order valence-electron chi connectivity index (χ0n) is 18.2. The van der Waals surface area contributed by atoms with Crippen molar-refractivity contribution in [3.05, 3.63) is 69.8 Å². The van der Waals surface area contributed by atoms with Gasteiger partial charge in [-0.1, -0.05) is 30.3 Å². The van der Waals surface area contributed by atoms with Gasteiger partial charge in [-0.25, -0.2) is 8.42 Å². The summed E-state index contributed by atoms with van der Waals surface area (Å²) in [6.07, 6.45) is 3.40. The highest BCUT2D eigenvalue weighted by Crippen LogP contribution is 2.25. The number of nitro benzene ring substituents is 1. The van der Waals surface area contributed by atoms with Crippen LogP contribution in [0.25, 0.3) is 0 Å². The van der Waals surface area contributed by atoms with Crippen molar-refractivity contribution in [3.8, 4) is 0 Å². The molecule has 1 aliphatic rings. The van der Waals surface area contributed by atoms with E-state index in [1.54, 1.807) is 0 Å². The molecule has 0 saturated carbocycles. The molecule has 32 heavy (non-hydrogen) atoms. The Morgan fingerprint density at radius 3 is 2.47 bits per heavy atom. The van der Waals surface area contributed by atoms with Gasteiger partial charge in [0.15, 0.2) is 0 Å². The van der Waals surface area contributed by atoms with E-state index in [9.17, 15) is 23.3 Å².